The molecular formula is C18H22ClN5O. The standard InChI is InChI=1S/C18H21N5O.ClH/c24-17(23-9-1-4-18(13-23)5-8-20-12-18)15-10-21-16(22-11-15)14-2-6-19-7-3-14;/h2-3,6-7,10-11,20H,1,4-5,8-9,12-13H2;1H. The van der Waals surface area contributed by atoms with Gasteiger partial charge in [-0.15, -0.1) is 12.4 Å². The maximum absolute atomic E-state index is 12.8. The molecule has 4 rings (SSSR count). The van der Waals surface area contributed by atoms with Gasteiger partial charge < -0.3 is 10.2 Å². The molecule has 0 aromatic carbocycles. The van der Waals surface area contributed by atoms with Crippen molar-refractivity contribution in [3.63, 3.8) is 0 Å². The summed E-state index contributed by atoms with van der Waals surface area (Å²) in [6, 6.07) is 3.72. The van der Waals surface area contributed by atoms with Crippen LogP contribution in [0.3, 0.4) is 0 Å². The number of piperidine rings is 1. The summed E-state index contributed by atoms with van der Waals surface area (Å²) in [5.41, 5.74) is 1.74. The average molecular weight is 360 g/mol. The first-order valence-corrected chi connectivity index (χ1v) is 8.48. The van der Waals surface area contributed by atoms with Gasteiger partial charge in [-0.05, 0) is 37.9 Å². The van der Waals surface area contributed by atoms with E-state index in [2.05, 4.69) is 20.3 Å². The smallest absolute Gasteiger partial charge is 0.257 e. The summed E-state index contributed by atoms with van der Waals surface area (Å²) in [5, 5.41) is 3.44. The van der Waals surface area contributed by atoms with Gasteiger partial charge in [-0.2, -0.15) is 0 Å². The molecule has 0 saturated carbocycles. The molecular weight excluding hydrogens is 338 g/mol. The molecule has 2 fully saturated rings. The van der Waals surface area contributed by atoms with Crippen LogP contribution in [0.5, 0.6) is 0 Å². The molecule has 25 heavy (non-hydrogen) atoms. The van der Waals surface area contributed by atoms with E-state index in [0.29, 0.717) is 11.4 Å². The summed E-state index contributed by atoms with van der Waals surface area (Å²) in [5.74, 6) is 0.659. The van der Waals surface area contributed by atoms with E-state index < -0.39 is 0 Å². The maximum atomic E-state index is 12.8. The number of nitrogens with one attached hydrogen (secondary N) is 1. The van der Waals surface area contributed by atoms with Crippen LogP contribution in [0.4, 0.5) is 0 Å². The molecule has 4 heterocycles. The number of hydrogen-bond acceptors (Lipinski definition) is 5. The molecule has 0 radical (unpaired) electrons. The Morgan fingerprint density at radius 2 is 1.92 bits per heavy atom. The second-order valence-electron chi connectivity index (χ2n) is 6.79. The third kappa shape index (κ3) is 3.65. The summed E-state index contributed by atoms with van der Waals surface area (Å²) in [6.07, 6.45) is 10.1. The second-order valence-corrected chi connectivity index (χ2v) is 6.79. The van der Waals surface area contributed by atoms with Crippen LogP contribution in [0, 0.1) is 5.41 Å². The minimum Gasteiger partial charge on any atom is -0.338 e. The zero-order valence-corrected chi connectivity index (χ0v) is 14.8. The monoisotopic (exact) mass is 359 g/mol. The zero-order chi connectivity index (χ0) is 16.4. The summed E-state index contributed by atoms with van der Waals surface area (Å²) < 4.78 is 0. The Balaban J connectivity index is 0.00000182. The van der Waals surface area contributed by atoms with E-state index in [-0.39, 0.29) is 23.7 Å². The molecule has 1 spiro atoms. The van der Waals surface area contributed by atoms with Gasteiger partial charge in [0.1, 0.15) is 0 Å². The number of amides is 1. The van der Waals surface area contributed by atoms with E-state index in [0.717, 1.165) is 44.6 Å². The normalized spacial score (nSPS) is 22.6. The zero-order valence-electron chi connectivity index (χ0n) is 14.0. The molecule has 7 heteroatoms. The van der Waals surface area contributed by atoms with Crippen molar-refractivity contribution in [1.82, 2.24) is 25.2 Å². The summed E-state index contributed by atoms with van der Waals surface area (Å²) in [7, 11) is 0. The Labute approximate surface area is 153 Å². The van der Waals surface area contributed by atoms with Gasteiger partial charge in [0.2, 0.25) is 0 Å². The number of hydrogen-bond donors (Lipinski definition) is 1. The largest absolute Gasteiger partial charge is 0.338 e. The van der Waals surface area contributed by atoms with Gasteiger partial charge in [0.25, 0.3) is 5.91 Å². The van der Waals surface area contributed by atoms with Crippen molar-refractivity contribution in [3.8, 4) is 11.4 Å². The quantitative estimate of drug-likeness (QED) is 0.889. The molecule has 0 bridgehead atoms. The van der Waals surface area contributed by atoms with Gasteiger partial charge in [0.05, 0.1) is 5.56 Å². The fourth-order valence-corrected chi connectivity index (χ4v) is 3.80. The van der Waals surface area contributed by atoms with E-state index in [1.54, 1.807) is 24.8 Å². The lowest BCUT2D eigenvalue weighted by Gasteiger charge is -2.40. The first-order valence-electron chi connectivity index (χ1n) is 8.48. The van der Waals surface area contributed by atoms with Crippen LogP contribution in [0.25, 0.3) is 11.4 Å². The highest BCUT2D eigenvalue weighted by Gasteiger charge is 2.39. The SMILES string of the molecule is Cl.O=C(c1cnc(-c2ccncc2)nc1)N1CCCC2(CCNC2)C1. The third-order valence-corrected chi connectivity index (χ3v) is 5.12. The van der Waals surface area contributed by atoms with Crippen LogP contribution >= 0.6 is 12.4 Å². The molecule has 132 valence electrons. The predicted octanol–water partition coefficient (Wildman–Crippen LogP) is 2.18. The Morgan fingerprint density at radius 3 is 2.60 bits per heavy atom. The Morgan fingerprint density at radius 1 is 1.16 bits per heavy atom. The van der Waals surface area contributed by atoms with Gasteiger partial charge in [-0.1, -0.05) is 0 Å². The van der Waals surface area contributed by atoms with Crippen LogP contribution < -0.4 is 5.32 Å². The molecule has 6 nitrogen and oxygen atoms in total. The Kier molecular flexibility index (Phi) is 5.30. The molecule has 0 aliphatic carbocycles. The third-order valence-electron chi connectivity index (χ3n) is 5.12. The highest BCUT2D eigenvalue weighted by atomic mass is 35.5. The van der Waals surface area contributed by atoms with Crippen molar-refractivity contribution < 1.29 is 4.79 Å². The van der Waals surface area contributed by atoms with Crippen molar-refractivity contribution in [2.24, 2.45) is 5.41 Å². The molecule has 1 N–H and O–H groups in total. The molecule has 2 aromatic rings. The first kappa shape index (κ1) is 17.8. The number of pyridine rings is 1. The molecule has 2 aromatic heterocycles. The van der Waals surface area contributed by atoms with Gasteiger partial charge in [-0.3, -0.25) is 9.78 Å². The second kappa shape index (κ2) is 7.45. The molecule has 2 aliphatic rings. The van der Waals surface area contributed by atoms with Crippen LogP contribution in [0.2, 0.25) is 0 Å². The summed E-state index contributed by atoms with van der Waals surface area (Å²) in [4.78, 5) is 27.5. The fraction of sp³-hybridized carbons (Fsp3) is 0.444. The summed E-state index contributed by atoms with van der Waals surface area (Å²) in [6.45, 7) is 3.75. The van der Waals surface area contributed by atoms with Gasteiger partial charge in [0, 0.05) is 55.4 Å². The number of aromatic nitrogens is 3. The maximum Gasteiger partial charge on any atom is 0.257 e. The molecule has 1 amide bonds. The van der Waals surface area contributed by atoms with Crippen LogP contribution in [0.15, 0.2) is 36.9 Å². The van der Waals surface area contributed by atoms with Gasteiger partial charge >= 0.3 is 0 Å². The van der Waals surface area contributed by atoms with Crippen molar-refractivity contribution in [2.75, 3.05) is 26.2 Å². The van der Waals surface area contributed by atoms with Crippen molar-refractivity contribution in [2.45, 2.75) is 19.3 Å². The highest BCUT2D eigenvalue weighted by Crippen LogP contribution is 2.35. The number of carbonyl (C=O) groups excluding carboxylic acids is 1. The van der Waals surface area contributed by atoms with E-state index in [4.69, 9.17) is 0 Å². The van der Waals surface area contributed by atoms with E-state index in [9.17, 15) is 4.79 Å². The number of nitrogens with zero attached hydrogens (tertiary/aromatic N) is 4. The van der Waals surface area contributed by atoms with E-state index in [1.807, 2.05) is 17.0 Å². The molecule has 1 unspecified atom stereocenters. The Hall–Kier alpha value is -2.05. The topological polar surface area (TPSA) is 71.0 Å². The molecule has 1 atom stereocenters. The van der Waals surface area contributed by atoms with Gasteiger partial charge in [-0.25, -0.2) is 9.97 Å². The van der Waals surface area contributed by atoms with Gasteiger partial charge in [0.15, 0.2) is 5.82 Å². The van der Waals surface area contributed by atoms with Crippen LogP contribution in [-0.2, 0) is 0 Å². The molecule has 2 saturated heterocycles. The first-order chi connectivity index (χ1) is 11.8. The lowest BCUT2D eigenvalue weighted by Crippen LogP contribution is -2.47. The average Bonchev–Trinajstić information content (AvgIpc) is 3.09. The van der Waals surface area contributed by atoms with Crippen molar-refractivity contribution in [1.29, 1.82) is 0 Å². The molecule has 2 aliphatic heterocycles. The number of carbonyl (C=O) groups is 1. The minimum atomic E-state index is 0. The van der Waals surface area contributed by atoms with Crippen molar-refractivity contribution >= 4 is 18.3 Å². The Bertz CT molecular complexity index is 716. The van der Waals surface area contributed by atoms with E-state index in [1.165, 1.54) is 6.42 Å². The van der Waals surface area contributed by atoms with Crippen LogP contribution in [-0.4, -0.2) is 51.9 Å². The number of halogens is 1. The highest BCUT2D eigenvalue weighted by molar-refractivity contribution is 5.93. The van der Waals surface area contributed by atoms with Crippen molar-refractivity contribution in [3.05, 3.63) is 42.5 Å². The minimum absolute atomic E-state index is 0. The lowest BCUT2D eigenvalue weighted by atomic mass is 9.79. The fourth-order valence-electron chi connectivity index (χ4n) is 3.80. The van der Waals surface area contributed by atoms with Crippen LogP contribution in [0.1, 0.15) is 29.6 Å². The number of likely N-dealkylation sites (tertiary alicyclic amines) is 1. The summed E-state index contributed by atoms with van der Waals surface area (Å²) >= 11 is 0. The predicted molar refractivity (Wildman–Crippen MR) is 97.6 cm³/mol. The lowest BCUT2D eigenvalue weighted by molar-refractivity contribution is 0.0552. The number of rotatable bonds is 2. The van der Waals surface area contributed by atoms with E-state index >= 15 is 0 Å².